The van der Waals surface area contributed by atoms with E-state index in [0.717, 1.165) is 42.9 Å². The van der Waals surface area contributed by atoms with E-state index in [9.17, 15) is 4.79 Å². The van der Waals surface area contributed by atoms with Gasteiger partial charge in [-0.1, -0.05) is 6.07 Å². The Bertz CT molecular complexity index is 756. The Morgan fingerprint density at radius 1 is 1.21 bits per heavy atom. The van der Waals surface area contributed by atoms with Crippen molar-refractivity contribution in [2.24, 2.45) is 7.05 Å². The SMILES string of the molecule is Cn1cc(C(=O)N2CCC[C@@H]2c2ccc3c(c2)OCCCO3)cn1. The van der Waals surface area contributed by atoms with Crippen LogP contribution in [0.1, 0.15) is 41.2 Å². The highest BCUT2D eigenvalue weighted by atomic mass is 16.5. The Balaban J connectivity index is 1.61. The van der Waals surface area contributed by atoms with E-state index >= 15 is 0 Å². The number of aryl methyl sites for hydroxylation is 1. The van der Waals surface area contributed by atoms with Gasteiger partial charge in [0.05, 0.1) is 31.0 Å². The minimum Gasteiger partial charge on any atom is -0.490 e. The predicted octanol–water partition coefficient (Wildman–Crippen LogP) is 2.56. The molecule has 1 aromatic heterocycles. The highest BCUT2D eigenvalue weighted by Gasteiger charge is 2.31. The topological polar surface area (TPSA) is 56.6 Å². The molecule has 0 N–H and O–H groups in total. The van der Waals surface area contributed by atoms with Crippen LogP contribution in [0.5, 0.6) is 11.5 Å². The molecule has 0 unspecified atom stereocenters. The Hall–Kier alpha value is -2.50. The first-order valence-electron chi connectivity index (χ1n) is 8.41. The molecule has 2 aliphatic rings. The van der Waals surface area contributed by atoms with Gasteiger partial charge in [0.2, 0.25) is 0 Å². The Morgan fingerprint density at radius 2 is 2.04 bits per heavy atom. The molecular formula is C18H21N3O3. The molecule has 0 radical (unpaired) electrons. The van der Waals surface area contributed by atoms with Crippen LogP contribution in [0.25, 0.3) is 0 Å². The summed E-state index contributed by atoms with van der Waals surface area (Å²) < 4.78 is 13.1. The molecule has 1 amide bonds. The molecule has 0 bridgehead atoms. The molecule has 3 heterocycles. The van der Waals surface area contributed by atoms with E-state index in [1.54, 1.807) is 17.1 Å². The fraction of sp³-hybridized carbons (Fsp3) is 0.444. The standard InChI is InChI=1S/C18H21N3O3/c1-20-12-14(11-19-20)18(22)21-7-2-4-15(21)13-5-6-16-17(10-13)24-9-3-8-23-16/h5-6,10-12,15H,2-4,7-9H2,1H3/t15-/m1/s1. The normalized spacial score (nSPS) is 20.0. The van der Waals surface area contributed by atoms with Crippen LogP contribution in [0.2, 0.25) is 0 Å². The number of carbonyl (C=O) groups excluding carboxylic acids is 1. The van der Waals surface area contributed by atoms with E-state index < -0.39 is 0 Å². The van der Waals surface area contributed by atoms with Crippen LogP contribution in [0, 0.1) is 0 Å². The molecule has 6 nitrogen and oxygen atoms in total. The van der Waals surface area contributed by atoms with Gasteiger partial charge in [-0.05, 0) is 30.5 Å². The number of carbonyl (C=O) groups is 1. The van der Waals surface area contributed by atoms with Gasteiger partial charge in [-0.25, -0.2) is 0 Å². The third kappa shape index (κ3) is 2.72. The molecule has 2 aliphatic heterocycles. The molecule has 1 fully saturated rings. The van der Waals surface area contributed by atoms with Gasteiger partial charge in [-0.2, -0.15) is 5.10 Å². The van der Waals surface area contributed by atoms with E-state index in [4.69, 9.17) is 9.47 Å². The molecule has 126 valence electrons. The predicted molar refractivity (Wildman–Crippen MR) is 88.3 cm³/mol. The molecule has 4 rings (SSSR count). The number of aromatic nitrogens is 2. The second kappa shape index (κ2) is 6.19. The summed E-state index contributed by atoms with van der Waals surface area (Å²) in [5, 5.41) is 4.11. The van der Waals surface area contributed by atoms with Gasteiger partial charge < -0.3 is 14.4 Å². The van der Waals surface area contributed by atoms with Gasteiger partial charge in [0.1, 0.15) is 0 Å². The molecule has 0 aliphatic carbocycles. The summed E-state index contributed by atoms with van der Waals surface area (Å²) in [4.78, 5) is 14.7. The van der Waals surface area contributed by atoms with Crippen LogP contribution in [0.3, 0.4) is 0 Å². The Kier molecular flexibility index (Phi) is 3.88. The number of likely N-dealkylation sites (tertiary alicyclic amines) is 1. The van der Waals surface area contributed by atoms with Crippen molar-refractivity contribution >= 4 is 5.91 Å². The van der Waals surface area contributed by atoms with Crippen molar-refractivity contribution in [1.29, 1.82) is 0 Å². The maximum Gasteiger partial charge on any atom is 0.257 e. The molecule has 1 aromatic carbocycles. The molecule has 1 saturated heterocycles. The number of benzene rings is 1. The second-order valence-corrected chi connectivity index (χ2v) is 6.32. The monoisotopic (exact) mass is 327 g/mol. The fourth-order valence-corrected chi connectivity index (χ4v) is 3.44. The first-order valence-corrected chi connectivity index (χ1v) is 8.41. The summed E-state index contributed by atoms with van der Waals surface area (Å²) in [5.74, 6) is 1.61. The first-order chi connectivity index (χ1) is 11.7. The number of amides is 1. The van der Waals surface area contributed by atoms with Gasteiger partial charge in [-0.15, -0.1) is 0 Å². The summed E-state index contributed by atoms with van der Waals surface area (Å²) in [7, 11) is 1.82. The Labute approximate surface area is 141 Å². The number of hydrogen-bond acceptors (Lipinski definition) is 4. The van der Waals surface area contributed by atoms with Crippen molar-refractivity contribution in [2.75, 3.05) is 19.8 Å². The lowest BCUT2D eigenvalue weighted by atomic mass is 10.0. The van der Waals surface area contributed by atoms with Crippen LogP contribution < -0.4 is 9.47 Å². The number of rotatable bonds is 2. The third-order valence-electron chi connectivity index (χ3n) is 4.62. The lowest BCUT2D eigenvalue weighted by Crippen LogP contribution is -2.30. The summed E-state index contributed by atoms with van der Waals surface area (Å²) in [6.45, 7) is 2.12. The van der Waals surface area contributed by atoms with Crippen LogP contribution in [0.4, 0.5) is 0 Å². The van der Waals surface area contributed by atoms with Crippen molar-refractivity contribution in [3.05, 3.63) is 41.7 Å². The zero-order valence-electron chi connectivity index (χ0n) is 13.8. The van der Waals surface area contributed by atoms with E-state index in [1.807, 2.05) is 30.1 Å². The fourth-order valence-electron chi connectivity index (χ4n) is 3.44. The molecule has 2 aromatic rings. The van der Waals surface area contributed by atoms with Crippen molar-refractivity contribution < 1.29 is 14.3 Å². The van der Waals surface area contributed by atoms with Crippen molar-refractivity contribution in [1.82, 2.24) is 14.7 Å². The summed E-state index contributed by atoms with van der Waals surface area (Å²) in [6.07, 6.45) is 6.26. The van der Waals surface area contributed by atoms with Crippen molar-refractivity contribution in [2.45, 2.75) is 25.3 Å². The molecule has 24 heavy (non-hydrogen) atoms. The molecule has 1 atom stereocenters. The van der Waals surface area contributed by atoms with Gasteiger partial charge in [0.15, 0.2) is 11.5 Å². The first kappa shape index (κ1) is 15.1. The van der Waals surface area contributed by atoms with E-state index in [0.29, 0.717) is 18.8 Å². The largest absolute Gasteiger partial charge is 0.490 e. The van der Waals surface area contributed by atoms with Gasteiger partial charge >= 0.3 is 0 Å². The minimum absolute atomic E-state index is 0.0395. The van der Waals surface area contributed by atoms with Crippen LogP contribution in [0.15, 0.2) is 30.6 Å². The minimum atomic E-state index is 0.0395. The molecule has 0 spiro atoms. The van der Waals surface area contributed by atoms with Crippen LogP contribution >= 0.6 is 0 Å². The van der Waals surface area contributed by atoms with E-state index in [2.05, 4.69) is 5.10 Å². The second-order valence-electron chi connectivity index (χ2n) is 6.32. The van der Waals surface area contributed by atoms with Gasteiger partial charge in [-0.3, -0.25) is 9.48 Å². The summed E-state index contributed by atoms with van der Waals surface area (Å²) >= 11 is 0. The number of fused-ring (bicyclic) bond motifs is 1. The smallest absolute Gasteiger partial charge is 0.257 e. The van der Waals surface area contributed by atoms with Gasteiger partial charge in [0, 0.05) is 26.2 Å². The van der Waals surface area contributed by atoms with Crippen LogP contribution in [-0.2, 0) is 7.05 Å². The summed E-state index contributed by atoms with van der Waals surface area (Å²) in [5.41, 5.74) is 1.74. The maximum absolute atomic E-state index is 12.8. The maximum atomic E-state index is 12.8. The lowest BCUT2D eigenvalue weighted by Gasteiger charge is -2.25. The van der Waals surface area contributed by atoms with Crippen molar-refractivity contribution in [3.63, 3.8) is 0 Å². The average Bonchev–Trinajstić information content (AvgIpc) is 3.18. The highest BCUT2D eigenvalue weighted by molar-refractivity contribution is 5.94. The highest BCUT2D eigenvalue weighted by Crippen LogP contribution is 2.38. The van der Waals surface area contributed by atoms with Crippen LogP contribution in [-0.4, -0.2) is 40.3 Å². The average molecular weight is 327 g/mol. The quantitative estimate of drug-likeness (QED) is 0.851. The van der Waals surface area contributed by atoms with Crippen molar-refractivity contribution in [3.8, 4) is 11.5 Å². The number of hydrogen-bond donors (Lipinski definition) is 0. The number of nitrogens with zero attached hydrogens (tertiary/aromatic N) is 3. The Morgan fingerprint density at radius 3 is 2.83 bits per heavy atom. The van der Waals surface area contributed by atoms with Gasteiger partial charge in [0.25, 0.3) is 5.91 Å². The van der Waals surface area contributed by atoms with E-state index in [1.165, 1.54) is 0 Å². The number of ether oxygens (including phenoxy) is 2. The molecule has 0 saturated carbocycles. The van der Waals surface area contributed by atoms with E-state index in [-0.39, 0.29) is 11.9 Å². The third-order valence-corrected chi connectivity index (χ3v) is 4.62. The molecule has 6 heteroatoms. The summed E-state index contributed by atoms with van der Waals surface area (Å²) in [6, 6.07) is 6.11. The zero-order valence-corrected chi connectivity index (χ0v) is 13.8. The lowest BCUT2D eigenvalue weighted by molar-refractivity contribution is 0.0735. The molecular weight excluding hydrogens is 306 g/mol. The zero-order chi connectivity index (χ0) is 16.5.